The molecule has 0 atom stereocenters. The summed E-state index contributed by atoms with van der Waals surface area (Å²) in [4.78, 5) is 10.5. The first kappa shape index (κ1) is 15.5. The topological polar surface area (TPSA) is 86.2 Å². The first-order valence-electron chi connectivity index (χ1n) is 7.29. The Morgan fingerprint density at radius 1 is 1.16 bits per heavy atom. The van der Waals surface area contributed by atoms with Gasteiger partial charge in [0.15, 0.2) is 5.82 Å². The van der Waals surface area contributed by atoms with Crippen LogP contribution in [-0.4, -0.2) is 31.3 Å². The van der Waals surface area contributed by atoms with Gasteiger partial charge in [0.2, 0.25) is 5.16 Å². The maximum atomic E-state index is 14.1. The molecule has 2 aromatic carbocycles. The van der Waals surface area contributed by atoms with Crippen LogP contribution in [0.2, 0.25) is 0 Å². The lowest BCUT2D eigenvalue weighted by molar-refractivity contribution is -0.384. The molecule has 0 spiro atoms. The van der Waals surface area contributed by atoms with Crippen molar-refractivity contribution in [2.45, 2.75) is 5.16 Å². The number of nitrogens with zero attached hydrogens (tertiary/aromatic N) is 5. The summed E-state index contributed by atoms with van der Waals surface area (Å²) in [7, 11) is 0. The van der Waals surface area contributed by atoms with Crippen molar-refractivity contribution in [2.24, 2.45) is 5.10 Å². The molecule has 3 aromatic rings. The Morgan fingerprint density at radius 2 is 2.00 bits per heavy atom. The quantitative estimate of drug-likeness (QED) is 0.531. The molecule has 0 aliphatic carbocycles. The molecule has 1 aliphatic rings. The van der Waals surface area contributed by atoms with Crippen LogP contribution in [0.25, 0.3) is 11.4 Å². The van der Waals surface area contributed by atoms with Gasteiger partial charge in [0, 0.05) is 23.4 Å². The van der Waals surface area contributed by atoms with Gasteiger partial charge in [-0.1, -0.05) is 36.0 Å². The van der Waals surface area contributed by atoms with E-state index in [-0.39, 0.29) is 5.69 Å². The van der Waals surface area contributed by atoms with Gasteiger partial charge in [-0.25, -0.2) is 4.39 Å². The molecule has 0 fully saturated rings. The fourth-order valence-electron chi connectivity index (χ4n) is 2.48. The van der Waals surface area contributed by atoms with E-state index in [0.29, 0.717) is 33.6 Å². The zero-order valence-electron chi connectivity index (χ0n) is 12.7. The number of hydrogen-bond donors (Lipinski definition) is 0. The van der Waals surface area contributed by atoms with Crippen LogP contribution in [0, 0.1) is 15.9 Å². The lowest BCUT2D eigenvalue weighted by Gasteiger charge is -2.14. The predicted molar refractivity (Wildman–Crippen MR) is 91.2 cm³/mol. The maximum absolute atomic E-state index is 14.1. The highest BCUT2D eigenvalue weighted by Gasteiger charge is 2.22. The van der Waals surface area contributed by atoms with E-state index in [1.807, 2.05) is 0 Å². The second-order valence-electron chi connectivity index (χ2n) is 5.24. The van der Waals surface area contributed by atoms with E-state index in [1.165, 1.54) is 34.6 Å². The Balaban J connectivity index is 1.80. The van der Waals surface area contributed by atoms with Gasteiger partial charge in [-0.3, -0.25) is 10.1 Å². The Kier molecular flexibility index (Phi) is 3.77. The predicted octanol–water partition coefficient (Wildman–Crippen LogP) is 3.35. The summed E-state index contributed by atoms with van der Waals surface area (Å²) in [6.45, 7) is 0. The van der Waals surface area contributed by atoms with E-state index in [1.54, 1.807) is 30.3 Å². The fourth-order valence-corrected chi connectivity index (χ4v) is 3.32. The highest BCUT2D eigenvalue weighted by Crippen LogP contribution is 2.30. The van der Waals surface area contributed by atoms with Crippen LogP contribution in [0.15, 0.2) is 58.8 Å². The van der Waals surface area contributed by atoms with Crippen LogP contribution in [0.4, 0.5) is 10.1 Å². The molecule has 124 valence electrons. The van der Waals surface area contributed by atoms with E-state index in [4.69, 9.17) is 0 Å². The van der Waals surface area contributed by atoms with Crippen molar-refractivity contribution in [2.75, 3.05) is 5.75 Å². The average Bonchev–Trinajstić information content (AvgIpc) is 3.05. The van der Waals surface area contributed by atoms with Crippen LogP contribution in [-0.2, 0) is 0 Å². The number of nitro groups is 1. The molecule has 1 aromatic heterocycles. The van der Waals surface area contributed by atoms with Gasteiger partial charge in [0.1, 0.15) is 5.82 Å². The van der Waals surface area contributed by atoms with Gasteiger partial charge in [0.05, 0.1) is 16.2 Å². The number of hydrogen-bond acceptors (Lipinski definition) is 6. The Morgan fingerprint density at radius 3 is 2.80 bits per heavy atom. The van der Waals surface area contributed by atoms with Crippen molar-refractivity contribution in [3.05, 3.63) is 70.0 Å². The monoisotopic (exact) mass is 355 g/mol. The molecule has 7 nitrogen and oxygen atoms in total. The van der Waals surface area contributed by atoms with Crippen molar-refractivity contribution >= 4 is 23.2 Å². The molecule has 0 radical (unpaired) electrons. The van der Waals surface area contributed by atoms with Gasteiger partial charge in [-0.05, 0) is 12.1 Å². The number of nitro benzene ring substituents is 1. The molecule has 0 unspecified atom stereocenters. The highest BCUT2D eigenvalue weighted by molar-refractivity contribution is 7.99. The molecule has 0 amide bonds. The summed E-state index contributed by atoms with van der Waals surface area (Å²) in [5, 5.41) is 24.1. The lowest BCUT2D eigenvalue weighted by atomic mass is 10.1. The van der Waals surface area contributed by atoms with E-state index >= 15 is 0 Å². The van der Waals surface area contributed by atoms with Crippen LogP contribution >= 0.6 is 11.8 Å². The molecular formula is C16H10FN5O2S. The van der Waals surface area contributed by atoms with Crippen molar-refractivity contribution in [1.82, 2.24) is 14.9 Å². The Labute approximate surface area is 145 Å². The van der Waals surface area contributed by atoms with E-state index < -0.39 is 10.7 Å². The number of non-ortho nitro benzene ring substituents is 1. The van der Waals surface area contributed by atoms with E-state index in [9.17, 15) is 14.5 Å². The van der Waals surface area contributed by atoms with Crippen molar-refractivity contribution < 1.29 is 9.31 Å². The van der Waals surface area contributed by atoms with Crippen LogP contribution in [0.1, 0.15) is 5.56 Å². The number of aromatic nitrogens is 3. The summed E-state index contributed by atoms with van der Waals surface area (Å²) in [6, 6.07) is 12.5. The van der Waals surface area contributed by atoms with Crippen LogP contribution in [0.3, 0.4) is 0 Å². The number of halogens is 1. The first-order chi connectivity index (χ1) is 12.1. The average molecular weight is 355 g/mol. The van der Waals surface area contributed by atoms with Gasteiger partial charge in [-0.2, -0.15) is 9.78 Å². The molecule has 4 rings (SSSR count). The Bertz CT molecular complexity index is 1020. The number of benzene rings is 2. The highest BCUT2D eigenvalue weighted by atomic mass is 32.2. The van der Waals surface area contributed by atoms with Gasteiger partial charge < -0.3 is 0 Å². The molecule has 0 saturated carbocycles. The third-order valence-corrected chi connectivity index (χ3v) is 4.61. The number of thioether (sulfide) groups is 1. The molecule has 9 heteroatoms. The van der Waals surface area contributed by atoms with Crippen molar-refractivity contribution in [1.29, 1.82) is 0 Å². The molecule has 0 saturated heterocycles. The SMILES string of the molecule is O=[N+]([O-])c1cccc(C2=Nn3c(nnc3-c3ccccc3F)SC2)c1. The fraction of sp³-hybridized carbons (Fsp3) is 0.0625. The van der Waals surface area contributed by atoms with E-state index in [0.717, 1.165) is 0 Å². The number of fused-ring (bicyclic) bond motifs is 1. The van der Waals surface area contributed by atoms with E-state index in [2.05, 4.69) is 15.3 Å². The summed E-state index contributed by atoms with van der Waals surface area (Å²) in [5.41, 5.74) is 1.57. The standard InChI is InChI=1S/C16H10FN5O2S/c17-13-7-2-1-6-12(13)15-18-19-16-21(15)20-14(9-25-16)10-4-3-5-11(8-10)22(23)24/h1-8H,9H2. The zero-order chi connectivity index (χ0) is 17.4. The molecule has 0 bridgehead atoms. The summed E-state index contributed by atoms with van der Waals surface area (Å²) in [6.07, 6.45) is 0. The molecule has 2 heterocycles. The second-order valence-corrected chi connectivity index (χ2v) is 6.18. The molecule has 1 aliphatic heterocycles. The summed E-state index contributed by atoms with van der Waals surface area (Å²) < 4.78 is 15.5. The van der Waals surface area contributed by atoms with Crippen molar-refractivity contribution in [3.63, 3.8) is 0 Å². The van der Waals surface area contributed by atoms with Gasteiger partial charge in [-0.15, -0.1) is 10.2 Å². The minimum absolute atomic E-state index is 0.00548. The number of rotatable bonds is 3. The molecular weight excluding hydrogens is 345 g/mol. The summed E-state index contributed by atoms with van der Waals surface area (Å²) >= 11 is 1.39. The van der Waals surface area contributed by atoms with Gasteiger partial charge in [0.25, 0.3) is 5.69 Å². The maximum Gasteiger partial charge on any atom is 0.270 e. The molecule has 25 heavy (non-hydrogen) atoms. The lowest BCUT2D eigenvalue weighted by Crippen LogP contribution is -2.14. The minimum Gasteiger partial charge on any atom is -0.258 e. The van der Waals surface area contributed by atoms with Crippen LogP contribution < -0.4 is 0 Å². The third-order valence-electron chi connectivity index (χ3n) is 3.68. The smallest absolute Gasteiger partial charge is 0.258 e. The third kappa shape index (κ3) is 2.78. The second kappa shape index (κ2) is 6.10. The Hall–Kier alpha value is -3.07. The van der Waals surface area contributed by atoms with Crippen molar-refractivity contribution in [3.8, 4) is 11.4 Å². The molecule has 0 N–H and O–H groups in total. The van der Waals surface area contributed by atoms with Crippen LogP contribution in [0.5, 0.6) is 0 Å². The zero-order valence-corrected chi connectivity index (χ0v) is 13.5. The normalized spacial score (nSPS) is 13.2. The largest absolute Gasteiger partial charge is 0.270 e. The van der Waals surface area contributed by atoms with Gasteiger partial charge >= 0.3 is 0 Å². The first-order valence-corrected chi connectivity index (χ1v) is 8.28. The minimum atomic E-state index is -0.449. The summed E-state index contributed by atoms with van der Waals surface area (Å²) in [5.74, 6) is 0.375.